The molecule has 0 aliphatic heterocycles. The predicted molar refractivity (Wildman–Crippen MR) is 52.0 cm³/mol. The minimum absolute atomic E-state index is 0. The third-order valence-electron chi connectivity index (χ3n) is 1.94. The van der Waals surface area contributed by atoms with Crippen LogP contribution >= 0.6 is 12.4 Å². The molecule has 0 heterocycles. The van der Waals surface area contributed by atoms with E-state index in [0.29, 0.717) is 0 Å². The molecule has 0 aromatic rings. The van der Waals surface area contributed by atoms with Gasteiger partial charge in [0.25, 0.3) is 0 Å². The zero-order valence-corrected chi connectivity index (χ0v) is 8.53. The Morgan fingerprint density at radius 2 is 1.73 bits per heavy atom. The Bertz CT molecular complexity index is 144. The van der Waals surface area contributed by atoms with Crippen LogP contribution in [0.25, 0.3) is 0 Å². The molecule has 0 unspecified atom stereocenters. The van der Waals surface area contributed by atoms with E-state index in [0.717, 1.165) is 12.8 Å². The Balaban J connectivity index is 0. The van der Waals surface area contributed by atoms with Crippen LogP contribution in [0.3, 0.4) is 0 Å². The van der Waals surface area contributed by atoms with Gasteiger partial charge in [-0.25, -0.2) is 9.98 Å². The first-order valence-corrected chi connectivity index (χ1v) is 3.74. The quantitative estimate of drug-likeness (QED) is 0.591. The molecule has 2 nitrogen and oxygen atoms in total. The molecule has 0 rings (SSSR count). The van der Waals surface area contributed by atoms with E-state index in [9.17, 15) is 0 Å². The number of rotatable bonds is 3. The summed E-state index contributed by atoms with van der Waals surface area (Å²) in [7, 11) is 1.69. The lowest BCUT2D eigenvalue weighted by molar-refractivity contribution is 0.443. The molecule has 0 bridgehead atoms. The molecule has 3 heteroatoms. The van der Waals surface area contributed by atoms with E-state index < -0.39 is 0 Å². The van der Waals surface area contributed by atoms with Crippen molar-refractivity contribution in [2.45, 2.75) is 39.2 Å². The van der Waals surface area contributed by atoms with Gasteiger partial charge in [-0.1, -0.05) is 13.8 Å². The molecule has 0 aromatic carbocycles. The van der Waals surface area contributed by atoms with Gasteiger partial charge >= 0.3 is 0 Å². The van der Waals surface area contributed by atoms with E-state index in [-0.39, 0.29) is 17.9 Å². The van der Waals surface area contributed by atoms with Gasteiger partial charge in [0.2, 0.25) is 0 Å². The summed E-state index contributed by atoms with van der Waals surface area (Å²) < 4.78 is 0. The third kappa shape index (κ3) is 5.00. The second-order valence-electron chi connectivity index (χ2n) is 2.64. The molecule has 0 saturated heterocycles. The van der Waals surface area contributed by atoms with Crippen molar-refractivity contribution in [2.75, 3.05) is 7.05 Å². The number of hydrogen-bond donors (Lipinski definition) is 0. The van der Waals surface area contributed by atoms with Gasteiger partial charge in [0.15, 0.2) is 0 Å². The molecule has 0 aromatic heterocycles. The molecule has 0 atom stereocenters. The average molecular weight is 177 g/mol. The standard InChI is InChI=1S/C8H16N2.ClH/c1-5-8(3,6-2)10-7-9-4;/h5-6H2,1-4H3;1H. The number of halogens is 1. The van der Waals surface area contributed by atoms with Crippen LogP contribution in [0, 0.1) is 0 Å². The van der Waals surface area contributed by atoms with Gasteiger partial charge in [0.1, 0.15) is 0 Å². The molecule has 0 N–H and O–H groups in total. The highest BCUT2D eigenvalue weighted by Gasteiger charge is 2.16. The Labute approximate surface area is 75.2 Å². The van der Waals surface area contributed by atoms with Gasteiger partial charge in [-0.15, -0.1) is 12.4 Å². The first kappa shape index (κ1) is 13.3. The third-order valence-corrected chi connectivity index (χ3v) is 1.94. The topological polar surface area (TPSA) is 24.7 Å². The fourth-order valence-corrected chi connectivity index (χ4v) is 0.579. The zero-order valence-electron chi connectivity index (χ0n) is 7.72. The van der Waals surface area contributed by atoms with Crippen molar-refractivity contribution in [3.8, 4) is 0 Å². The van der Waals surface area contributed by atoms with Crippen molar-refractivity contribution in [3.63, 3.8) is 0 Å². The van der Waals surface area contributed by atoms with E-state index in [1.165, 1.54) is 0 Å². The van der Waals surface area contributed by atoms with E-state index in [1.54, 1.807) is 7.05 Å². The summed E-state index contributed by atoms with van der Waals surface area (Å²) in [6.07, 6.45) is 2.10. The number of aliphatic imine (C=N–C) groups is 2. The van der Waals surface area contributed by atoms with Crippen LogP contribution in [0.5, 0.6) is 0 Å². The van der Waals surface area contributed by atoms with Gasteiger partial charge in [-0.3, -0.25) is 0 Å². The Hall–Kier alpha value is -0.330. The molecule has 0 aliphatic rings. The van der Waals surface area contributed by atoms with Crippen molar-refractivity contribution in [1.29, 1.82) is 0 Å². The zero-order chi connectivity index (χ0) is 8.04. The van der Waals surface area contributed by atoms with E-state index in [1.807, 2.05) is 0 Å². The molecular formula is C8H17ClN2. The van der Waals surface area contributed by atoms with Crippen LogP contribution < -0.4 is 0 Å². The summed E-state index contributed by atoms with van der Waals surface area (Å²) in [5.74, 6) is 0. The van der Waals surface area contributed by atoms with E-state index in [2.05, 4.69) is 36.8 Å². The van der Waals surface area contributed by atoms with Crippen molar-refractivity contribution in [1.82, 2.24) is 0 Å². The molecule has 0 aliphatic carbocycles. The van der Waals surface area contributed by atoms with Crippen molar-refractivity contribution < 1.29 is 0 Å². The Kier molecular flexibility index (Phi) is 7.70. The highest BCUT2D eigenvalue weighted by Crippen LogP contribution is 2.17. The monoisotopic (exact) mass is 176 g/mol. The maximum absolute atomic E-state index is 4.19. The van der Waals surface area contributed by atoms with Crippen LogP contribution in [0.1, 0.15) is 33.6 Å². The number of hydrogen-bond acceptors (Lipinski definition) is 2. The normalized spacial score (nSPS) is 9.45. The van der Waals surface area contributed by atoms with E-state index in [4.69, 9.17) is 0 Å². The predicted octanol–water partition coefficient (Wildman–Crippen LogP) is 2.79. The van der Waals surface area contributed by atoms with Crippen LogP contribution in [0.2, 0.25) is 0 Å². The molecule has 0 fully saturated rings. The minimum atomic E-state index is 0. The van der Waals surface area contributed by atoms with Gasteiger partial charge < -0.3 is 0 Å². The second-order valence-corrected chi connectivity index (χ2v) is 2.64. The van der Waals surface area contributed by atoms with Gasteiger partial charge in [0, 0.05) is 7.05 Å². The second kappa shape index (κ2) is 6.38. The van der Waals surface area contributed by atoms with E-state index >= 15 is 0 Å². The van der Waals surface area contributed by atoms with Gasteiger partial charge in [0.05, 0.1) is 11.5 Å². The molecule has 11 heavy (non-hydrogen) atoms. The smallest absolute Gasteiger partial charge is 0.0895 e. The summed E-state index contributed by atoms with van der Waals surface area (Å²) in [5.41, 5.74) is 0.0551. The molecular weight excluding hydrogens is 160 g/mol. The maximum atomic E-state index is 4.19. The van der Waals surface area contributed by atoms with Crippen LogP contribution in [0.15, 0.2) is 9.98 Å². The Morgan fingerprint density at radius 1 is 1.27 bits per heavy atom. The lowest BCUT2D eigenvalue weighted by atomic mass is 9.97. The minimum Gasteiger partial charge on any atom is -0.229 e. The molecule has 0 amide bonds. The average Bonchev–Trinajstić information content (AvgIpc) is 2.00. The van der Waals surface area contributed by atoms with Crippen LogP contribution in [-0.2, 0) is 0 Å². The summed E-state index contributed by atoms with van der Waals surface area (Å²) in [4.78, 5) is 7.89. The summed E-state index contributed by atoms with van der Waals surface area (Å²) >= 11 is 0. The van der Waals surface area contributed by atoms with Gasteiger partial charge in [-0.2, -0.15) is 0 Å². The highest BCUT2D eigenvalue weighted by molar-refractivity contribution is 5.85. The summed E-state index contributed by atoms with van der Waals surface area (Å²) in [6, 6.07) is 2.64. The number of nitrogens with zero attached hydrogens (tertiary/aromatic N) is 2. The van der Waals surface area contributed by atoms with Crippen molar-refractivity contribution >= 4 is 18.4 Å². The van der Waals surface area contributed by atoms with Gasteiger partial charge in [-0.05, 0) is 19.8 Å². The highest BCUT2D eigenvalue weighted by atomic mass is 35.5. The first-order valence-electron chi connectivity index (χ1n) is 3.74. The maximum Gasteiger partial charge on any atom is 0.0895 e. The Morgan fingerprint density at radius 3 is 2.00 bits per heavy atom. The largest absolute Gasteiger partial charge is 0.229 e. The van der Waals surface area contributed by atoms with Crippen LogP contribution in [-0.4, -0.2) is 18.6 Å². The summed E-state index contributed by atoms with van der Waals surface area (Å²) in [5, 5.41) is 0. The van der Waals surface area contributed by atoms with Crippen molar-refractivity contribution in [3.05, 3.63) is 0 Å². The lowest BCUT2D eigenvalue weighted by Gasteiger charge is -2.18. The van der Waals surface area contributed by atoms with Crippen LogP contribution in [0.4, 0.5) is 0 Å². The fraction of sp³-hybridized carbons (Fsp3) is 0.875. The molecule has 0 radical (unpaired) electrons. The summed E-state index contributed by atoms with van der Waals surface area (Å²) in [6.45, 7) is 6.37. The molecule has 0 spiro atoms. The fourth-order valence-electron chi connectivity index (χ4n) is 0.579. The lowest BCUT2D eigenvalue weighted by Crippen LogP contribution is -2.18. The van der Waals surface area contributed by atoms with Crippen molar-refractivity contribution in [2.24, 2.45) is 9.98 Å². The first-order chi connectivity index (χ1) is 4.68. The SMILES string of the molecule is CCC(C)(CC)N=C=NC.Cl. The molecule has 0 saturated carbocycles. The molecule has 66 valence electrons.